The van der Waals surface area contributed by atoms with Gasteiger partial charge in [0.05, 0.1) is 0 Å². The molecule has 2 unspecified atom stereocenters. The molecule has 0 spiro atoms. The molecule has 1 aromatic carbocycles. The summed E-state index contributed by atoms with van der Waals surface area (Å²) in [5.41, 5.74) is 3.20. The van der Waals surface area contributed by atoms with Gasteiger partial charge in [0.2, 0.25) is 5.91 Å². The maximum atomic E-state index is 11.5. The van der Waals surface area contributed by atoms with Crippen LogP contribution >= 0.6 is 0 Å². The number of benzene rings is 1. The molecule has 1 amide bonds. The van der Waals surface area contributed by atoms with Crippen molar-refractivity contribution in [2.75, 3.05) is 10.6 Å². The lowest BCUT2D eigenvalue weighted by atomic mass is 9.87. The fraction of sp³-hybridized carbons (Fsp3) is 0.588. The van der Waals surface area contributed by atoms with E-state index in [0.717, 1.165) is 22.9 Å². The summed E-state index contributed by atoms with van der Waals surface area (Å²) in [6.45, 7) is 6.27. The largest absolute Gasteiger partial charge is 0.382 e. The number of hydrogen-bond acceptors (Lipinski definition) is 2. The molecule has 110 valence electrons. The third-order valence-electron chi connectivity index (χ3n) is 4.23. The first-order valence-corrected chi connectivity index (χ1v) is 7.76. The van der Waals surface area contributed by atoms with Crippen LogP contribution in [-0.2, 0) is 4.79 Å². The van der Waals surface area contributed by atoms with Crippen molar-refractivity contribution < 1.29 is 4.79 Å². The molecule has 0 heterocycles. The highest BCUT2D eigenvalue weighted by Gasteiger charge is 2.19. The van der Waals surface area contributed by atoms with E-state index in [2.05, 4.69) is 30.5 Å². The number of rotatable bonds is 4. The van der Waals surface area contributed by atoms with Crippen LogP contribution in [-0.4, -0.2) is 11.9 Å². The number of nitrogens with one attached hydrogen (secondary N) is 2. The summed E-state index contributed by atoms with van der Waals surface area (Å²) in [6.07, 6.45) is 5.66. The van der Waals surface area contributed by atoms with Crippen LogP contribution in [0.5, 0.6) is 0 Å². The molecule has 1 aliphatic carbocycles. The Morgan fingerprint density at radius 2 is 2.05 bits per heavy atom. The average Bonchev–Trinajstić information content (AvgIpc) is 2.43. The molecule has 0 aromatic heterocycles. The van der Waals surface area contributed by atoms with Gasteiger partial charge >= 0.3 is 0 Å². The first-order chi connectivity index (χ1) is 9.60. The van der Waals surface area contributed by atoms with Crippen LogP contribution in [0.15, 0.2) is 18.2 Å². The molecule has 0 aliphatic heterocycles. The number of carbonyl (C=O) groups is 1. The summed E-state index contributed by atoms with van der Waals surface area (Å²) in [7, 11) is 0. The maximum Gasteiger partial charge on any atom is 0.224 e. The highest BCUT2D eigenvalue weighted by Crippen LogP contribution is 2.29. The normalized spacial score (nSPS) is 22.4. The van der Waals surface area contributed by atoms with Gasteiger partial charge in [-0.3, -0.25) is 4.79 Å². The Hall–Kier alpha value is -1.51. The fourth-order valence-electron chi connectivity index (χ4n) is 2.95. The lowest BCUT2D eigenvalue weighted by molar-refractivity contribution is -0.115. The van der Waals surface area contributed by atoms with Crippen molar-refractivity contribution in [3.8, 4) is 0 Å². The van der Waals surface area contributed by atoms with Gasteiger partial charge < -0.3 is 10.6 Å². The molecule has 1 aliphatic rings. The zero-order valence-corrected chi connectivity index (χ0v) is 12.8. The quantitative estimate of drug-likeness (QED) is 0.857. The van der Waals surface area contributed by atoms with Crippen LogP contribution in [0.25, 0.3) is 0 Å². The number of anilines is 2. The summed E-state index contributed by atoms with van der Waals surface area (Å²) in [4.78, 5) is 11.5. The first-order valence-electron chi connectivity index (χ1n) is 7.76. The molecule has 2 rings (SSSR count). The Bertz CT molecular complexity index is 470. The molecule has 3 heteroatoms. The third-order valence-corrected chi connectivity index (χ3v) is 4.23. The molecular formula is C17H26N2O. The second kappa shape index (κ2) is 6.78. The van der Waals surface area contributed by atoms with Gasteiger partial charge in [0.25, 0.3) is 0 Å². The molecule has 3 nitrogen and oxygen atoms in total. The van der Waals surface area contributed by atoms with Crippen molar-refractivity contribution in [3.63, 3.8) is 0 Å². The fourth-order valence-corrected chi connectivity index (χ4v) is 2.95. The zero-order chi connectivity index (χ0) is 14.5. The van der Waals surface area contributed by atoms with Gasteiger partial charge in [0.1, 0.15) is 0 Å². The van der Waals surface area contributed by atoms with E-state index in [1.165, 1.54) is 25.7 Å². The topological polar surface area (TPSA) is 41.1 Å². The number of carbonyl (C=O) groups excluding carboxylic acids is 1. The zero-order valence-electron chi connectivity index (χ0n) is 12.8. The van der Waals surface area contributed by atoms with E-state index in [9.17, 15) is 4.79 Å². The molecule has 0 bridgehead atoms. The van der Waals surface area contributed by atoms with Crippen LogP contribution in [0.3, 0.4) is 0 Å². The minimum Gasteiger partial charge on any atom is -0.382 e. The minimum absolute atomic E-state index is 0.0662. The summed E-state index contributed by atoms with van der Waals surface area (Å²) >= 11 is 0. The molecule has 1 aromatic rings. The van der Waals surface area contributed by atoms with Crippen molar-refractivity contribution in [1.82, 2.24) is 0 Å². The smallest absolute Gasteiger partial charge is 0.224 e. The first kappa shape index (κ1) is 14.9. The van der Waals surface area contributed by atoms with E-state index in [-0.39, 0.29) is 5.91 Å². The van der Waals surface area contributed by atoms with Gasteiger partial charge in [-0.1, -0.05) is 32.8 Å². The molecule has 20 heavy (non-hydrogen) atoms. The Labute approximate surface area is 122 Å². The Morgan fingerprint density at radius 1 is 1.30 bits per heavy atom. The molecule has 0 radical (unpaired) electrons. The van der Waals surface area contributed by atoms with E-state index in [0.29, 0.717) is 12.5 Å². The van der Waals surface area contributed by atoms with Crippen molar-refractivity contribution >= 4 is 17.3 Å². The second-order valence-electron chi connectivity index (χ2n) is 5.99. The van der Waals surface area contributed by atoms with E-state index >= 15 is 0 Å². The Kier molecular flexibility index (Phi) is 5.05. The SMILES string of the molecule is CCC(=O)Nc1cccc(NC2CCCC(C)C2)c1C. The molecule has 1 saturated carbocycles. The van der Waals surface area contributed by atoms with Gasteiger partial charge in [0, 0.05) is 23.8 Å². The minimum atomic E-state index is 0.0662. The molecule has 2 atom stereocenters. The number of amides is 1. The van der Waals surface area contributed by atoms with Gasteiger partial charge in [-0.2, -0.15) is 0 Å². The predicted molar refractivity (Wildman–Crippen MR) is 85.1 cm³/mol. The molecule has 0 saturated heterocycles. The summed E-state index contributed by atoms with van der Waals surface area (Å²) in [5, 5.41) is 6.63. The highest BCUT2D eigenvalue weighted by molar-refractivity contribution is 5.92. The van der Waals surface area contributed by atoms with Crippen LogP contribution in [0.4, 0.5) is 11.4 Å². The lowest BCUT2D eigenvalue weighted by Gasteiger charge is -2.29. The maximum absolute atomic E-state index is 11.5. The number of hydrogen-bond donors (Lipinski definition) is 2. The molecule has 1 fully saturated rings. The second-order valence-corrected chi connectivity index (χ2v) is 5.99. The van der Waals surface area contributed by atoms with E-state index in [1.54, 1.807) is 0 Å². The monoisotopic (exact) mass is 274 g/mol. The van der Waals surface area contributed by atoms with Crippen LogP contribution in [0.1, 0.15) is 51.5 Å². The Balaban J connectivity index is 2.08. The van der Waals surface area contributed by atoms with Gasteiger partial charge in [-0.25, -0.2) is 0 Å². The van der Waals surface area contributed by atoms with Crippen LogP contribution in [0, 0.1) is 12.8 Å². The van der Waals surface area contributed by atoms with Crippen molar-refractivity contribution in [1.29, 1.82) is 0 Å². The summed E-state index contributed by atoms with van der Waals surface area (Å²) in [6, 6.07) is 6.65. The van der Waals surface area contributed by atoms with Gasteiger partial charge in [-0.05, 0) is 43.4 Å². The molecule has 2 N–H and O–H groups in total. The summed E-state index contributed by atoms with van der Waals surface area (Å²) < 4.78 is 0. The van der Waals surface area contributed by atoms with E-state index < -0.39 is 0 Å². The van der Waals surface area contributed by atoms with E-state index in [1.807, 2.05) is 19.1 Å². The van der Waals surface area contributed by atoms with Gasteiger partial charge in [0.15, 0.2) is 0 Å². The highest BCUT2D eigenvalue weighted by atomic mass is 16.1. The molecular weight excluding hydrogens is 248 g/mol. The lowest BCUT2D eigenvalue weighted by Crippen LogP contribution is -2.26. The van der Waals surface area contributed by atoms with Gasteiger partial charge in [-0.15, -0.1) is 0 Å². The van der Waals surface area contributed by atoms with Crippen LogP contribution in [0.2, 0.25) is 0 Å². The Morgan fingerprint density at radius 3 is 2.75 bits per heavy atom. The van der Waals surface area contributed by atoms with Crippen molar-refractivity contribution in [3.05, 3.63) is 23.8 Å². The van der Waals surface area contributed by atoms with Crippen LogP contribution < -0.4 is 10.6 Å². The van der Waals surface area contributed by atoms with Crippen molar-refractivity contribution in [2.45, 2.75) is 58.9 Å². The summed E-state index contributed by atoms with van der Waals surface area (Å²) in [5.74, 6) is 0.876. The van der Waals surface area contributed by atoms with E-state index in [4.69, 9.17) is 0 Å². The average molecular weight is 274 g/mol. The van der Waals surface area contributed by atoms with Crippen molar-refractivity contribution in [2.24, 2.45) is 5.92 Å². The third kappa shape index (κ3) is 3.75. The standard InChI is InChI=1S/C17H26N2O/c1-4-17(20)19-16-10-6-9-15(13(16)3)18-14-8-5-7-12(2)11-14/h6,9-10,12,14,18H,4-5,7-8,11H2,1-3H3,(H,19,20). The predicted octanol–water partition coefficient (Wildman–Crippen LogP) is 4.33.